The van der Waals surface area contributed by atoms with Crippen LogP contribution < -0.4 is 0 Å². The van der Waals surface area contributed by atoms with E-state index in [9.17, 15) is 9.59 Å². The van der Waals surface area contributed by atoms with Gasteiger partial charge in [-0.1, -0.05) is 20.4 Å². The van der Waals surface area contributed by atoms with E-state index in [0.29, 0.717) is 31.1 Å². The lowest BCUT2D eigenvalue weighted by Crippen LogP contribution is -2.25. The summed E-state index contributed by atoms with van der Waals surface area (Å²) in [4.78, 5) is 24.1. The Balaban J connectivity index is 3.56. The summed E-state index contributed by atoms with van der Waals surface area (Å²) in [6.07, 6.45) is 4.35. The van der Waals surface area contributed by atoms with E-state index in [0.717, 1.165) is 12.8 Å². The molecule has 0 aromatic carbocycles. The molecule has 0 aliphatic carbocycles. The predicted octanol–water partition coefficient (Wildman–Crippen LogP) is 2.42. The van der Waals surface area contributed by atoms with Gasteiger partial charge in [0.2, 0.25) is 5.91 Å². The molecule has 0 atom stereocenters. The average molecular weight is 225 g/mol. The third-order valence-electron chi connectivity index (χ3n) is 2.39. The van der Waals surface area contributed by atoms with Crippen molar-refractivity contribution in [1.82, 2.24) is 4.90 Å². The minimum atomic E-state index is -0.0616. The van der Waals surface area contributed by atoms with Gasteiger partial charge in [0.15, 0.2) is 0 Å². The monoisotopic (exact) mass is 225 g/mol. The van der Waals surface area contributed by atoms with Crippen molar-refractivity contribution in [1.29, 1.82) is 0 Å². The highest BCUT2D eigenvalue weighted by Gasteiger charge is 2.06. The first kappa shape index (κ1) is 14.9. The molecule has 0 radical (unpaired) electrons. The van der Waals surface area contributed by atoms with Crippen LogP contribution in [0.5, 0.6) is 0 Å². The average Bonchev–Trinajstić information content (AvgIpc) is 2.21. The van der Waals surface area contributed by atoms with Gasteiger partial charge in [0.05, 0.1) is 0 Å². The standard InChI is InChI=1S/C13H23NO2/c1-5-13(16)14(4)9-7-6-8-12(15)10-11(2)3/h5,11H,1,6-10H2,2-4H3. The van der Waals surface area contributed by atoms with Crippen molar-refractivity contribution >= 4 is 11.7 Å². The fourth-order valence-electron chi connectivity index (χ4n) is 1.49. The SMILES string of the molecule is C=CC(=O)N(C)CCCCC(=O)CC(C)C. The number of rotatable bonds is 8. The van der Waals surface area contributed by atoms with E-state index in [1.807, 2.05) is 0 Å². The number of hydrogen-bond donors (Lipinski definition) is 0. The molecule has 0 saturated carbocycles. The van der Waals surface area contributed by atoms with Gasteiger partial charge in [-0.3, -0.25) is 9.59 Å². The van der Waals surface area contributed by atoms with Crippen molar-refractivity contribution in [3.05, 3.63) is 12.7 Å². The van der Waals surface area contributed by atoms with Gasteiger partial charge < -0.3 is 4.90 Å². The van der Waals surface area contributed by atoms with Crippen LogP contribution in [0.1, 0.15) is 39.5 Å². The summed E-state index contributed by atoms with van der Waals surface area (Å²) in [7, 11) is 1.75. The summed E-state index contributed by atoms with van der Waals surface area (Å²) in [5.41, 5.74) is 0. The topological polar surface area (TPSA) is 37.4 Å². The molecule has 0 N–H and O–H groups in total. The first-order valence-electron chi connectivity index (χ1n) is 5.86. The molecule has 0 rings (SSSR count). The third kappa shape index (κ3) is 7.21. The van der Waals surface area contributed by atoms with Gasteiger partial charge in [0.1, 0.15) is 5.78 Å². The molecule has 0 aliphatic rings. The van der Waals surface area contributed by atoms with E-state index in [4.69, 9.17) is 0 Å². The second-order valence-electron chi connectivity index (χ2n) is 4.56. The molecule has 0 fully saturated rings. The van der Waals surface area contributed by atoms with Crippen LogP contribution in [0.15, 0.2) is 12.7 Å². The number of unbranched alkanes of at least 4 members (excludes halogenated alkanes) is 1. The maximum Gasteiger partial charge on any atom is 0.245 e. The van der Waals surface area contributed by atoms with Crippen LogP contribution >= 0.6 is 0 Å². The highest BCUT2D eigenvalue weighted by atomic mass is 16.2. The molecule has 0 aromatic heterocycles. The van der Waals surface area contributed by atoms with Crippen LogP contribution in [0.2, 0.25) is 0 Å². The van der Waals surface area contributed by atoms with Crippen LogP contribution in [-0.2, 0) is 9.59 Å². The Labute approximate surface area is 98.5 Å². The molecule has 1 amide bonds. The van der Waals surface area contributed by atoms with Gasteiger partial charge in [0, 0.05) is 26.4 Å². The lowest BCUT2D eigenvalue weighted by Gasteiger charge is -2.14. The first-order valence-corrected chi connectivity index (χ1v) is 5.86. The first-order chi connectivity index (χ1) is 7.47. The van der Waals surface area contributed by atoms with Gasteiger partial charge in [-0.05, 0) is 24.8 Å². The summed E-state index contributed by atoms with van der Waals surface area (Å²) in [6, 6.07) is 0. The van der Waals surface area contributed by atoms with E-state index in [-0.39, 0.29) is 5.91 Å². The Kier molecular flexibility index (Phi) is 7.52. The number of likely N-dealkylation sites (N-methyl/N-ethyl adjacent to an activating group) is 1. The number of Topliss-reactive ketones (excluding diaryl/α,β-unsaturated/α-hetero) is 1. The summed E-state index contributed by atoms with van der Waals surface area (Å²) in [5, 5.41) is 0. The van der Waals surface area contributed by atoms with Crippen molar-refractivity contribution in [3.8, 4) is 0 Å². The zero-order valence-corrected chi connectivity index (χ0v) is 10.7. The van der Waals surface area contributed by atoms with Gasteiger partial charge >= 0.3 is 0 Å². The van der Waals surface area contributed by atoms with Gasteiger partial charge in [-0.25, -0.2) is 0 Å². The molecule has 0 heterocycles. The van der Waals surface area contributed by atoms with Crippen molar-refractivity contribution in [2.75, 3.05) is 13.6 Å². The minimum absolute atomic E-state index is 0.0616. The molecule has 92 valence electrons. The van der Waals surface area contributed by atoms with Crippen molar-refractivity contribution in [2.24, 2.45) is 5.92 Å². The molecule has 0 unspecified atom stereocenters. The zero-order chi connectivity index (χ0) is 12.6. The smallest absolute Gasteiger partial charge is 0.245 e. The Morgan fingerprint density at radius 3 is 2.44 bits per heavy atom. The van der Waals surface area contributed by atoms with Crippen molar-refractivity contribution in [2.45, 2.75) is 39.5 Å². The summed E-state index contributed by atoms with van der Waals surface area (Å²) in [5.74, 6) is 0.707. The van der Waals surface area contributed by atoms with Gasteiger partial charge in [-0.15, -0.1) is 0 Å². The normalized spacial score (nSPS) is 10.2. The molecule has 0 bridgehead atoms. The Hall–Kier alpha value is -1.12. The molecule has 3 heteroatoms. The largest absolute Gasteiger partial charge is 0.342 e. The summed E-state index contributed by atoms with van der Waals surface area (Å²) < 4.78 is 0. The molecule has 0 saturated heterocycles. The van der Waals surface area contributed by atoms with Crippen LogP contribution in [0.3, 0.4) is 0 Å². The quantitative estimate of drug-likeness (QED) is 0.470. The molecule has 16 heavy (non-hydrogen) atoms. The van der Waals surface area contributed by atoms with E-state index >= 15 is 0 Å². The Bertz CT molecular complexity index is 246. The maximum atomic E-state index is 11.4. The van der Waals surface area contributed by atoms with Crippen LogP contribution in [0.25, 0.3) is 0 Å². The fraction of sp³-hybridized carbons (Fsp3) is 0.692. The fourth-order valence-corrected chi connectivity index (χ4v) is 1.49. The van der Waals surface area contributed by atoms with E-state index in [1.54, 1.807) is 11.9 Å². The van der Waals surface area contributed by atoms with E-state index in [1.165, 1.54) is 6.08 Å². The predicted molar refractivity (Wildman–Crippen MR) is 66.1 cm³/mol. The summed E-state index contributed by atoms with van der Waals surface area (Å²) in [6.45, 7) is 8.22. The second kappa shape index (κ2) is 8.08. The number of nitrogens with zero attached hydrogens (tertiary/aromatic N) is 1. The van der Waals surface area contributed by atoms with Crippen LogP contribution in [-0.4, -0.2) is 30.2 Å². The molecular weight excluding hydrogens is 202 g/mol. The van der Waals surface area contributed by atoms with Crippen molar-refractivity contribution in [3.63, 3.8) is 0 Å². The highest BCUT2D eigenvalue weighted by molar-refractivity contribution is 5.86. The maximum absolute atomic E-state index is 11.4. The molecular formula is C13H23NO2. The second-order valence-corrected chi connectivity index (χ2v) is 4.56. The number of amides is 1. The number of carbonyl (C=O) groups is 2. The minimum Gasteiger partial charge on any atom is -0.342 e. The van der Waals surface area contributed by atoms with Crippen LogP contribution in [0, 0.1) is 5.92 Å². The van der Waals surface area contributed by atoms with Crippen LogP contribution in [0.4, 0.5) is 0 Å². The number of hydrogen-bond acceptors (Lipinski definition) is 2. The molecule has 0 spiro atoms. The lowest BCUT2D eigenvalue weighted by molar-refractivity contribution is -0.124. The molecule has 0 aliphatic heterocycles. The third-order valence-corrected chi connectivity index (χ3v) is 2.39. The molecule has 3 nitrogen and oxygen atoms in total. The highest BCUT2D eigenvalue weighted by Crippen LogP contribution is 2.06. The lowest BCUT2D eigenvalue weighted by atomic mass is 10.0. The van der Waals surface area contributed by atoms with Gasteiger partial charge in [-0.2, -0.15) is 0 Å². The Morgan fingerprint density at radius 2 is 1.94 bits per heavy atom. The number of ketones is 1. The van der Waals surface area contributed by atoms with E-state index < -0.39 is 0 Å². The Morgan fingerprint density at radius 1 is 1.31 bits per heavy atom. The molecule has 0 aromatic rings. The summed E-state index contributed by atoms with van der Waals surface area (Å²) >= 11 is 0. The van der Waals surface area contributed by atoms with Crippen molar-refractivity contribution < 1.29 is 9.59 Å². The van der Waals surface area contributed by atoms with Gasteiger partial charge in [0.25, 0.3) is 0 Å². The zero-order valence-electron chi connectivity index (χ0n) is 10.7. The number of carbonyl (C=O) groups excluding carboxylic acids is 2. The van der Waals surface area contributed by atoms with E-state index in [2.05, 4.69) is 20.4 Å².